The molecule has 1 heterocycles. The highest BCUT2D eigenvalue weighted by molar-refractivity contribution is 5.51. The molecule has 2 aromatic rings. The van der Waals surface area contributed by atoms with E-state index in [9.17, 15) is 4.39 Å². The molecule has 26 heavy (non-hydrogen) atoms. The van der Waals surface area contributed by atoms with E-state index in [0.717, 1.165) is 55.8 Å². The second kappa shape index (κ2) is 9.01. The van der Waals surface area contributed by atoms with Crippen molar-refractivity contribution in [2.24, 2.45) is 5.92 Å². The van der Waals surface area contributed by atoms with Gasteiger partial charge in [0.1, 0.15) is 11.6 Å². The summed E-state index contributed by atoms with van der Waals surface area (Å²) in [6.07, 6.45) is 3.89. The Labute approximate surface area is 154 Å². The van der Waals surface area contributed by atoms with Gasteiger partial charge in [0.25, 0.3) is 0 Å². The smallest absolute Gasteiger partial charge is 0.123 e. The number of nitrogens with two attached hydrogens (primary N) is 1. The van der Waals surface area contributed by atoms with Crippen molar-refractivity contribution in [3.8, 4) is 5.75 Å². The van der Waals surface area contributed by atoms with Gasteiger partial charge in [0.05, 0.1) is 13.7 Å². The Morgan fingerprint density at radius 3 is 2.65 bits per heavy atom. The minimum Gasteiger partial charge on any atom is -0.497 e. The Morgan fingerprint density at radius 1 is 1.15 bits per heavy atom. The first-order valence-corrected chi connectivity index (χ1v) is 9.18. The zero-order chi connectivity index (χ0) is 18.4. The number of hydrogen-bond acceptors (Lipinski definition) is 4. The third kappa shape index (κ3) is 5.19. The van der Waals surface area contributed by atoms with E-state index < -0.39 is 0 Å². The van der Waals surface area contributed by atoms with E-state index in [4.69, 9.17) is 15.3 Å². The lowest BCUT2D eigenvalue weighted by molar-refractivity contribution is -0.173. The first kappa shape index (κ1) is 18.7. The van der Waals surface area contributed by atoms with Crippen LogP contribution >= 0.6 is 0 Å². The topological polar surface area (TPSA) is 47.7 Å². The molecule has 0 unspecified atom stereocenters. The summed E-state index contributed by atoms with van der Waals surface area (Å²) >= 11 is 0. The highest BCUT2D eigenvalue weighted by atomic mass is 19.1. The standard InChI is InChI=1S/C21H27FN2O2/c1-25-20-6-5-18(21(23)15-20)13-17-7-10-24(11-8-17)26-12-9-16-3-2-4-19(22)14-16/h2-6,14-15,17H,7-13,23H2,1H3. The number of hydrogen-bond donors (Lipinski definition) is 1. The fraction of sp³-hybridized carbons (Fsp3) is 0.429. The largest absolute Gasteiger partial charge is 0.497 e. The van der Waals surface area contributed by atoms with Gasteiger partial charge in [-0.2, -0.15) is 5.06 Å². The van der Waals surface area contributed by atoms with Crippen LogP contribution in [0.15, 0.2) is 42.5 Å². The molecular formula is C21H27FN2O2. The van der Waals surface area contributed by atoms with Crippen molar-refractivity contribution in [3.05, 3.63) is 59.4 Å². The molecule has 1 fully saturated rings. The van der Waals surface area contributed by atoms with Gasteiger partial charge < -0.3 is 10.5 Å². The molecule has 0 bridgehead atoms. The van der Waals surface area contributed by atoms with Gasteiger partial charge in [-0.15, -0.1) is 0 Å². The van der Waals surface area contributed by atoms with E-state index in [1.807, 2.05) is 23.3 Å². The first-order chi connectivity index (χ1) is 12.6. The summed E-state index contributed by atoms with van der Waals surface area (Å²) in [5, 5.41) is 2.03. The third-order valence-electron chi connectivity index (χ3n) is 4.99. The maximum absolute atomic E-state index is 13.2. The highest BCUT2D eigenvalue weighted by Gasteiger charge is 2.20. The van der Waals surface area contributed by atoms with E-state index in [-0.39, 0.29) is 5.82 Å². The lowest BCUT2D eigenvalue weighted by Crippen LogP contribution is -2.35. The molecule has 1 saturated heterocycles. The number of nitrogen functional groups attached to an aromatic ring is 1. The second-order valence-electron chi connectivity index (χ2n) is 6.85. The Balaban J connectivity index is 1.40. The Bertz CT molecular complexity index is 715. The summed E-state index contributed by atoms with van der Waals surface area (Å²) in [5.74, 6) is 1.22. The van der Waals surface area contributed by atoms with Gasteiger partial charge in [-0.05, 0) is 60.9 Å². The summed E-state index contributed by atoms with van der Waals surface area (Å²) in [6.45, 7) is 2.42. The number of methoxy groups -OCH3 is 1. The number of piperidine rings is 1. The summed E-state index contributed by atoms with van der Waals surface area (Å²) in [7, 11) is 1.65. The predicted molar refractivity (Wildman–Crippen MR) is 101 cm³/mol. The van der Waals surface area contributed by atoms with Gasteiger partial charge in [0.2, 0.25) is 0 Å². The summed E-state index contributed by atoms with van der Waals surface area (Å²) in [5.41, 5.74) is 9.09. The number of anilines is 1. The van der Waals surface area contributed by atoms with E-state index in [0.29, 0.717) is 12.5 Å². The number of rotatable bonds is 7. The van der Waals surface area contributed by atoms with Crippen molar-refractivity contribution in [1.82, 2.24) is 5.06 Å². The van der Waals surface area contributed by atoms with Crippen LogP contribution in [0, 0.1) is 11.7 Å². The average Bonchev–Trinajstić information content (AvgIpc) is 2.65. The summed E-state index contributed by atoms with van der Waals surface area (Å²) in [4.78, 5) is 5.85. The summed E-state index contributed by atoms with van der Waals surface area (Å²) in [6, 6.07) is 12.6. The van der Waals surface area contributed by atoms with Crippen molar-refractivity contribution >= 4 is 5.69 Å². The maximum atomic E-state index is 13.2. The molecule has 0 amide bonds. The number of nitrogens with zero attached hydrogens (tertiary/aromatic N) is 1. The Hall–Kier alpha value is -2.11. The molecule has 0 aromatic heterocycles. The van der Waals surface area contributed by atoms with Gasteiger partial charge >= 0.3 is 0 Å². The molecule has 0 atom stereocenters. The van der Waals surface area contributed by atoms with Crippen LogP contribution in [0.5, 0.6) is 5.75 Å². The van der Waals surface area contributed by atoms with E-state index in [1.165, 1.54) is 11.6 Å². The number of halogens is 1. The average molecular weight is 358 g/mol. The first-order valence-electron chi connectivity index (χ1n) is 9.18. The number of benzene rings is 2. The molecule has 1 aliphatic heterocycles. The Kier molecular flexibility index (Phi) is 6.47. The minimum atomic E-state index is -0.193. The van der Waals surface area contributed by atoms with Crippen molar-refractivity contribution in [2.45, 2.75) is 25.7 Å². The minimum absolute atomic E-state index is 0.193. The van der Waals surface area contributed by atoms with Crippen LogP contribution in [0.4, 0.5) is 10.1 Å². The molecule has 2 aromatic carbocycles. The van der Waals surface area contributed by atoms with E-state index >= 15 is 0 Å². The van der Waals surface area contributed by atoms with Gasteiger partial charge in [-0.25, -0.2) is 4.39 Å². The van der Waals surface area contributed by atoms with Crippen molar-refractivity contribution in [1.29, 1.82) is 0 Å². The van der Waals surface area contributed by atoms with Gasteiger partial charge in [-0.1, -0.05) is 18.2 Å². The molecule has 0 aliphatic carbocycles. The fourth-order valence-electron chi connectivity index (χ4n) is 3.42. The molecule has 4 nitrogen and oxygen atoms in total. The number of hydroxylamine groups is 2. The maximum Gasteiger partial charge on any atom is 0.123 e. The molecule has 1 aliphatic rings. The molecule has 2 N–H and O–H groups in total. The van der Waals surface area contributed by atoms with Gasteiger partial charge in [0.15, 0.2) is 0 Å². The van der Waals surface area contributed by atoms with Gasteiger partial charge in [-0.3, -0.25) is 4.84 Å². The van der Waals surface area contributed by atoms with E-state index in [2.05, 4.69) is 6.07 Å². The SMILES string of the molecule is COc1ccc(CC2CCN(OCCc3cccc(F)c3)CC2)c(N)c1. The van der Waals surface area contributed by atoms with Crippen molar-refractivity contribution in [2.75, 3.05) is 32.5 Å². The quantitative estimate of drug-likeness (QED) is 0.764. The van der Waals surface area contributed by atoms with Crippen LogP contribution in [-0.4, -0.2) is 31.9 Å². The predicted octanol–water partition coefficient (Wildman–Crippen LogP) is 3.85. The van der Waals surface area contributed by atoms with Gasteiger partial charge in [0, 0.05) is 24.8 Å². The van der Waals surface area contributed by atoms with Crippen molar-refractivity contribution in [3.63, 3.8) is 0 Å². The van der Waals surface area contributed by atoms with Crippen LogP contribution < -0.4 is 10.5 Å². The van der Waals surface area contributed by atoms with Crippen LogP contribution in [0.3, 0.4) is 0 Å². The molecule has 0 saturated carbocycles. The van der Waals surface area contributed by atoms with Crippen LogP contribution in [-0.2, 0) is 17.7 Å². The number of ether oxygens (including phenoxy) is 1. The normalized spacial score (nSPS) is 15.9. The Morgan fingerprint density at radius 2 is 1.96 bits per heavy atom. The highest BCUT2D eigenvalue weighted by Crippen LogP contribution is 2.27. The lowest BCUT2D eigenvalue weighted by atomic mass is 9.90. The molecule has 5 heteroatoms. The zero-order valence-electron chi connectivity index (χ0n) is 15.3. The van der Waals surface area contributed by atoms with Crippen LogP contribution in [0.1, 0.15) is 24.0 Å². The monoisotopic (exact) mass is 358 g/mol. The van der Waals surface area contributed by atoms with E-state index in [1.54, 1.807) is 19.2 Å². The van der Waals surface area contributed by atoms with Crippen LogP contribution in [0.2, 0.25) is 0 Å². The third-order valence-corrected chi connectivity index (χ3v) is 4.99. The fourth-order valence-corrected chi connectivity index (χ4v) is 3.42. The molecule has 3 rings (SSSR count). The zero-order valence-corrected chi connectivity index (χ0v) is 15.3. The van der Waals surface area contributed by atoms with Crippen LogP contribution in [0.25, 0.3) is 0 Å². The lowest BCUT2D eigenvalue weighted by Gasteiger charge is -2.31. The summed E-state index contributed by atoms with van der Waals surface area (Å²) < 4.78 is 18.4. The molecule has 140 valence electrons. The molecule has 0 spiro atoms. The second-order valence-corrected chi connectivity index (χ2v) is 6.85. The molecular weight excluding hydrogens is 331 g/mol. The van der Waals surface area contributed by atoms with Crippen molar-refractivity contribution < 1.29 is 14.0 Å². The molecule has 0 radical (unpaired) electrons.